The zero-order valence-corrected chi connectivity index (χ0v) is 11.6. The van der Waals surface area contributed by atoms with Gasteiger partial charge in [-0.05, 0) is 32.1 Å². The van der Waals surface area contributed by atoms with Gasteiger partial charge in [0.1, 0.15) is 5.54 Å². The number of hydrogen-bond donors (Lipinski definition) is 0. The zero-order valence-electron chi connectivity index (χ0n) is 11.6. The van der Waals surface area contributed by atoms with E-state index in [0.717, 1.165) is 18.4 Å². The number of Topliss-reactive ketones (excluding diaryl/α,β-unsaturated/α-hetero) is 1. The Bertz CT molecular complexity index is 460. The summed E-state index contributed by atoms with van der Waals surface area (Å²) in [5.74, 6) is 2.89. The third-order valence-corrected chi connectivity index (χ3v) is 4.42. The first-order valence-corrected chi connectivity index (χ1v) is 7.03. The quantitative estimate of drug-likeness (QED) is 0.576. The lowest BCUT2D eigenvalue weighted by molar-refractivity contribution is -0.142. The minimum atomic E-state index is -0.697. The first kappa shape index (κ1) is 13.9. The Morgan fingerprint density at radius 2 is 2.26 bits per heavy atom. The van der Waals surface area contributed by atoms with Crippen LogP contribution in [0.5, 0.6) is 0 Å². The average Bonchev–Trinajstić information content (AvgIpc) is 2.72. The molecular weight excluding hydrogens is 238 g/mol. The van der Waals surface area contributed by atoms with Crippen LogP contribution in [-0.2, 0) is 9.59 Å². The molecule has 0 saturated carbocycles. The molecule has 0 aliphatic carbocycles. The molecule has 3 heteroatoms. The molecule has 2 rings (SSSR count). The lowest BCUT2D eigenvalue weighted by atomic mass is 9.82. The predicted molar refractivity (Wildman–Crippen MR) is 74.3 cm³/mol. The van der Waals surface area contributed by atoms with Crippen molar-refractivity contribution in [3.05, 3.63) is 12.2 Å². The van der Waals surface area contributed by atoms with E-state index in [4.69, 9.17) is 6.42 Å². The van der Waals surface area contributed by atoms with Gasteiger partial charge in [-0.15, -0.1) is 6.42 Å². The molecule has 102 valence electrons. The van der Waals surface area contributed by atoms with E-state index in [9.17, 15) is 9.59 Å². The summed E-state index contributed by atoms with van der Waals surface area (Å²) in [5.41, 5.74) is 0.322. The van der Waals surface area contributed by atoms with Gasteiger partial charge in [-0.25, -0.2) is 0 Å². The summed E-state index contributed by atoms with van der Waals surface area (Å²) >= 11 is 0. The Hall–Kier alpha value is -1.56. The molecule has 0 aromatic heterocycles. The molecule has 2 aliphatic heterocycles. The maximum atomic E-state index is 12.6. The van der Waals surface area contributed by atoms with Crippen molar-refractivity contribution in [2.45, 2.75) is 63.5 Å². The fourth-order valence-electron chi connectivity index (χ4n) is 3.33. The Morgan fingerprint density at radius 1 is 1.53 bits per heavy atom. The van der Waals surface area contributed by atoms with E-state index in [-0.39, 0.29) is 17.7 Å². The van der Waals surface area contributed by atoms with Gasteiger partial charge in [0, 0.05) is 12.8 Å². The highest BCUT2D eigenvalue weighted by molar-refractivity contribution is 5.96. The molecular formula is C16H21NO2. The van der Waals surface area contributed by atoms with E-state index in [1.807, 2.05) is 6.92 Å². The van der Waals surface area contributed by atoms with E-state index in [1.54, 1.807) is 4.90 Å². The van der Waals surface area contributed by atoms with Gasteiger partial charge < -0.3 is 4.90 Å². The van der Waals surface area contributed by atoms with Crippen molar-refractivity contribution >= 4 is 11.7 Å². The second kappa shape index (κ2) is 5.21. The minimum Gasteiger partial charge on any atom is -0.316 e. The molecule has 0 bridgehead atoms. The van der Waals surface area contributed by atoms with Crippen molar-refractivity contribution in [2.75, 3.05) is 0 Å². The number of rotatable bonds is 3. The van der Waals surface area contributed by atoms with Gasteiger partial charge in [0.2, 0.25) is 5.91 Å². The van der Waals surface area contributed by atoms with Crippen LogP contribution in [0.25, 0.3) is 0 Å². The Morgan fingerprint density at radius 3 is 2.89 bits per heavy atom. The molecule has 1 amide bonds. The Balaban J connectivity index is 2.42. The fourth-order valence-corrected chi connectivity index (χ4v) is 3.33. The Kier molecular flexibility index (Phi) is 3.80. The van der Waals surface area contributed by atoms with Gasteiger partial charge in [-0.2, -0.15) is 0 Å². The normalized spacial score (nSPS) is 30.7. The van der Waals surface area contributed by atoms with Crippen LogP contribution in [0, 0.1) is 12.3 Å². The molecule has 2 aliphatic rings. The number of hydrogen-bond acceptors (Lipinski definition) is 2. The van der Waals surface area contributed by atoms with E-state index >= 15 is 0 Å². The number of amides is 1. The average molecular weight is 259 g/mol. The van der Waals surface area contributed by atoms with E-state index < -0.39 is 5.54 Å². The summed E-state index contributed by atoms with van der Waals surface area (Å²) in [6.07, 6.45) is 9.93. The molecule has 2 saturated heterocycles. The van der Waals surface area contributed by atoms with E-state index in [1.165, 1.54) is 0 Å². The summed E-state index contributed by atoms with van der Waals surface area (Å²) in [6, 6.07) is -0.223. The number of ketones is 1. The van der Waals surface area contributed by atoms with Crippen LogP contribution in [0.4, 0.5) is 0 Å². The second-order valence-corrected chi connectivity index (χ2v) is 5.57. The van der Waals surface area contributed by atoms with E-state index in [2.05, 4.69) is 12.5 Å². The third kappa shape index (κ3) is 2.20. The number of terminal acetylenes is 1. The first-order chi connectivity index (χ1) is 9.05. The molecule has 2 fully saturated rings. The predicted octanol–water partition coefficient (Wildman–Crippen LogP) is 2.46. The highest BCUT2D eigenvalue weighted by Crippen LogP contribution is 2.42. The number of nitrogens with zero attached hydrogens (tertiary/aromatic N) is 1. The summed E-state index contributed by atoms with van der Waals surface area (Å²) in [7, 11) is 0. The third-order valence-electron chi connectivity index (χ3n) is 4.42. The van der Waals surface area contributed by atoms with Crippen molar-refractivity contribution in [1.29, 1.82) is 0 Å². The molecule has 19 heavy (non-hydrogen) atoms. The number of carbonyl (C=O) groups is 2. The minimum absolute atomic E-state index is 0.0372. The molecule has 1 unspecified atom stereocenters. The van der Waals surface area contributed by atoms with Crippen molar-refractivity contribution in [1.82, 2.24) is 4.90 Å². The van der Waals surface area contributed by atoms with Crippen LogP contribution in [0.1, 0.15) is 51.9 Å². The highest BCUT2D eigenvalue weighted by Gasteiger charge is 2.53. The lowest BCUT2D eigenvalue weighted by Gasteiger charge is -2.38. The highest BCUT2D eigenvalue weighted by atomic mass is 16.2. The molecule has 0 radical (unpaired) electrons. The standard InChI is InChI=1S/C16H21NO2/c1-4-12(3)11-16-10-9-13(5-2)17(16)15(19)8-6-7-14(16)18/h2,13H,3-4,6-11H2,1H3/t13-,16?/m1/s1. The second-order valence-electron chi connectivity index (χ2n) is 5.57. The Labute approximate surface area is 115 Å². The number of fused-ring (bicyclic) bond motifs is 1. The molecule has 0 aromatic rings. The van der Waals surface area contributed by atoms with Crippen molar-refractivity contribution in [3.8, 4) is 12.3 Å². The first-order valence-electron chi connectivity index (χ1n) is 7.03. The molecule has 3 nitrogen and oxygen atoms in total. The van der Waals surface area contributed by atoms with Crippen LogP contribution in [-0.4, -0.2) is 28.2 Å². The monoisotopic (exact) mass is 259 g/mol. The molecule has 0 aromatic carbocycles. The van der Waals surface area contributed by atoms with Gasteiger partial charge in [0.05, 0.1) is 6.04 Å². The van der Waals surface area contributed by atoms with Gasteiger partial charge in [0.25, 0.3) is 0 Å². The maximum Gasteiger partial charge on any atom is 0.224 e. The molecule has 2 heterocycles. The van der Waals surface area contributed by atoms with Gasteiger partial charge in [-0.1, -0.05) is 25.0 Å². The smallest absolute Gasteiger partial charge is 0.224 e. The summed E-state index contributed by atoms with van der Waals surface area (Å²) in [5, 5.41) is 0. The van der Waals surface area contributed by atoms with Crippen molar-refractivity contribution in [2.24, 2.45) is 0 Å². The maximum absolute atomic E-state index is 12.6. The van der Waals surface area contributed by atoms with E-state index in [0.29, 0.717) is 32.1 Å². The largest absolute Gasteiger partial charge is 0.316 e. The lowest BCUT2D eigenvalue weighted by Crippen LogP contribution is -2.54. The fraction of sp³-hybridized carbons (Fsp3) is 0.625. The van der Waals surface area contributed by atoms with Crippen LogP contribution in [0.3, 0.4) is 0 Å². The van der Waals surface area contributed by atoms with Crippen molar-refractivity contribution in [3.63, 3.8) is 0 Å². The molecule has 0 spiro atoms. The SMILES string of the molecule is C#C[C@@H]1CCC2(CC(=C)CC)C(=O)CCCC(=O)N12. The summed E-state index contributed by atoms with van der Waals surface area (Å²) in [4.78, 5) is 26.6. The number of carbonyl (C=O) groups excluding carboxylic acids is 2. The van der Waals surface area contributed by atoms with Crippen LogP contribution in [0.15, 0.2) is 12.2 Å². The van der Waals surface area contributed by atoms with Gasteiger partial charge >= 0.3 is 0 Å². The zero-order chi connectivity index (χ0) is 14.0. The topological polar surface area (TPSA) is 37.4 Å². The van der Waals surface area contributed by atoms with Crippen LogP contribution >= 0.6 is 0 Å². The molecule has 2 atom stereocenters. The van der Waals surface area contributed by atoms with Crippen LogP contribution in [0.2, 0.25) is 0 Å². The van der Waals surface area contributed by atoms with Gasteiger partial charge in [0.15, 0.2) is 5.78 Å². The summed E-state index contributed by atoms with van der Waals surface area (Å²) in [6.45, 7) is 6.05. The van der Waals surface area contributed by atoms with Gasteiger partial charge in [-0.3, -0.25) is 9.59 Å². The molecule has 0 N–H and O–H groups in total. The van der Waals surface area contributed by atoms with Crippen LogP contribution < -0.4 is 0 Å². The summed E-state index contributed by atoms with van der Waals surface area (Å²) < 4.78 is 0. The van der Waals surface area contributed by atoms with Crippen molar-refractivity contribution < 1.29 is 9.59 Å².